The molecule has 12 heavy (non-hydrogen) atoms. The summed E-state index contributed by atoms with van der Waals surface area (Å²) in [5, 5.41) is 0. The largest absolute Gasteiger partial charge is 0.385 e. The van der Waals surface area contributed by atoms with Gasteiger partial charge in [-0.15, -0.1) is 0 Å². The summed E-state index contributed by atoms with van der Waals surface area (Å²) in [6.45, 7) is 4.30. The zero-order valence-corrected chi connectivity index (χ0v) is 7.96. The van der Waals surface area contributed by atoms with E-state index in [2.05, 4.69) is 4.90 Å². The first-order chi connectivity index (χ1) is 5.83. The van der Waals surface area contributed by atoms with Crippen molar-refractivity contribution in [2.45, 2.75) is 25.3 Å². The second-order valence-electron chi connectivity index (χ2n) is 3.55. The van der Waals surface area contributed by atoms with Crippen LogP contribution in [0.1, 0.15) is 19.3 Å². The topological polar surface area (TPSA) is 38.5 Å². The molecule has 0 unspecified atom stereocenters. The van der Waals surface area contributed by atoms with E-state index in [1.54, 1.807) is 7.11 Å². The highest BCUT2D eigenvalue weighted by Crippen LogP contribution is 2.07. The van der Waals surface area contributed by atoms with E-state index < -0.39 is 0 Å². The van der Waals surface area contributed by atoms with Crippen molar-refractivity contribution in [1.82, 2.24) is 4.90 Å². The summed E-state index contributed by atoms with van der Waals surface area (Å²) in [4.78, 5) is 2.44. The molecule has 2 N–H and O–H groups in total. The fraction of sp³-hybridized carbons (Fsp3) is 1.00. The number of rotatable bonds is 4. The molecule has 1 saturated heterocycles. The van der Waals surface area contributed by atoms with Crippen molar-refractivity contribution in [3.63, 3.8) is 0 Å². The van der Waals surface area contributed by atoms with Gasteiger partial charge in [-0.1, -0.05) is 0 Å². The third-order valence-electron chi connectivity index (χ3n) is 2.36. The Morgan fingerprint density at radius 3 is 3.08 bits per heavy atom. The van der Waals surface area contributed by atoms with E-state index >= 15 is 0 Å². The van der Waals surface area contributed by atoms with Crippen molar-refractivity contribution < 1.29 is 4.74 Å². The minimum atomic E-state index is 0.404. The first-order valence-electron chi connectivity index (χ1n) is 4.80. The Bertz CT molecular complexity index is 119. The minimum absolute atomic E-state index is 0.404. The molecule has 1 atom stereocenters. The van der Waals surface area contributed by atoms with Crippen molar-refractivity contribution in [2.75, 3.05) is 33.4 Å². The zero-order chi connectivity index (χ0) is 8.81. The number of methoxy groups -OCH3 is 1. The standard InChI is InChI=1S/C9H20N2O/c1-12-7-3-6-11-5-2-4-9(10)8-11/h9H,2-8,10H2,1H3/t9-/m1/s1. The lowest BCUT2D eigenvalue weighted by atomic mass is 10.1. The summed E-state index contributed by atoms with van der Waals surface area (Å²) < 4.78 is 5.00. The number of likely N-dealkylation sites (tertiary alicyclic amines) is 1. The van der Waals surface area contributed by atoms with E-state index in [0.717, 1.165) is 26.1 Å². The molecule has 1 rings (SSSR count). The Morgan fingerprint density at radius 1 is 1.58 bits per heavy atom. The summed E-state index contributed by atoms with van der Waals surface area (Å²) in [7, 11) is 1.75. The van der Waals surface area contributed by atoms with Gasteiger partial charge in [0.25, 0.3) is 0 Å². The number of piperidine rings is 1. The molecule has 0 aliphatic carbocycles. The quantitative estimate of drug-likeness (QED) is 0.626. The van der Waals surface area contributed by atoms with Crippen molar-refractivity contribution in [2.24, 2.45) is 5.73 Å². The van der Waals surface area contributed by atoms with Gasteiger partial charge in [0, 0.05) is 32.8 Å². The molecule has 0 saturated carbocycles. The molecule has 0 radical (unpaired) electrons. The van der Waals surface area contributed by atoms with Crippen LogP contribution in [0.25, 0.3) is 0 Å². The van der Waals surface area contributed by atoms with Crippen LogP contribution < -0.4 is 5.73 Å². The van der Waals surface area contributed by atoms with Crippen LogP contribution in [0, 0.1) is 0 Å². The number of nitrogens with zero attached hydrogens (tertiary/aromatic N) is 1. The maximum absolute atomic E-state index is 5.86. The van der Waals surface area contributed by atoms with Crippen LogP contribution in [-0.2, 0) is 4.74 Å². The van der Waals surface area contributed by atoms with Crippen molar-refractivity contribution in [3.8, 4) is 0 Å². The van der Waals surface area contributed by atoms with Gasteiger partial charge in [0.05, 0.1) is 0 Å². The Hall–Kier alpha value is -0.120. The summed E-state index contributed by atoms with van der Waals surface area (Å²) in [5.41, 5.74) is 5.86. The molecule has 0 bridgehead atoms. The number of hydrogen-bond acceptors (Lipinski definition) is 3. The third-order valence-corrected chi connectivity index (χ3v) is 2.36. The number of nitrogens with two attached hydrogens (primary N) is 1. The molecular formula is C9H20N2O. The molecular weight excluding hydrogens is 152 g/mol. The van der Waals surface area contributed by atoms with Crippen molar-refractivity contribution in [1.29, 1.82) is 0 Å². The van der Waals surface area contributed by atoms with Crippen LogP contribution in [0.4, 0.5) is 0 Å². The molecule has 0 aromatic carbocycles. The first-order valence-corrected chi connectivity index (χ1v) is 4.80. The molecule has 0 aromatic heterocycles. The fourth-order valence-electron chi connectivity index (χ4n) is 1.73. The molecule has 1 fully saturated rings. The molecule has 3 nitrogen and oxygen atoms in total. The molecule has 1 aliphatic rings. The average molecular weight is 172 g/mol. The molecule has 3 heteroatoms. The maximum atomic E-state index is 5.86. The molecule has 0 aromatic rings. The number of hydrogen-bond donors (Lipinski definition) is 1. The van der Waals surface area contributed by atoms with E-state index in [1.807, 2.05) is 0 Å². The van der Waals surface area contributed by atoms with Gasteiger partial charge in [-0.2, -0.15) is 0 Å². The highest BCUT2D eigenvalue weighted by Gasteiger charge is 2.15. The van der Waals surface area contributed by atoms with Gasteiger partial charge in [-0.3, -0.25) is 0 Å². The first kappa shape index (κ1) is 9.96. The monoisotopic (exact) mass is 172 g/mol. The van der Waals surface area contributed by atoms with Gasteiger partial charge in [0.1, 0.15) is 0 Å². The van der Waals surface area contributed by atoms with Gasteiger partial charge >= 0.3 is 0 Å². The fourth-order valence-corrected chi connectivity index (χ4v) is 1.73. The van der Waals surface area contributed by atoms with E-state index in [1.165, 1.54) is 19.4 Å². The van der Waals surface area contributed by atoms with Crippen LogP contribution in [0.2, 0.25) is 0 Å². The summed E-state index contributed by atoms with van der Waals surface area (Å²) in [6.07, 6.45) is 3.58. The zero-order valence-electron chi connectivity index (χ0n) is 7.96. The smallest absolute Gasteiger partial charge is 0.0474 e. The minimum Gasteiger partial charge on any atom is -0.385 e. The normalized spacial score (nSPS) is 26.0. The summed E-state index contributed by atoms with van der Waals surface area (Å²) in [5.74, 6) is 0. The Labute approximate surface area is 74.9 Å². The van der Waals surface area contributed by atoms with Gasteiger partial charge in [-0.25, -0.2) is 0 Å². The van der Waals surface area contributed by atoms with Gasteiger partial charge in [-0.05, 0) is 25.8 Å². The van der Waals surface area contributed by atoms with Gasteiger partial charge in [0.15, 0.2) is 0 Å². The highest BCUT2D eigenvalue weighted by atomic mass is 16.5. The SMILES string of the molecule is COCCCN1CCC[C@@H](N)C1. The second kappa shape index (κ2) is 5.51. The predicted octanol–water partition coefficient (Wildman–Crippen LogP) is 0.446. The van der Waals surface area contributed by atoms with E-state index in [0.29, 0.717) is 6.04 Å². The summed E-state index contributed by atoms with van der Waals surface area (Å²) >= 11 is 0. The predicted molar refractivity (Wildman–Crippen MR) is 50.1 cm³/mol. The van der Waals surface area contributed by atoms with Crippen molar-refractivity contribution >= 4 is 0 Å². The van der Waals surface area contributed by atoms with E-state index in [9.17, 15) is 0 Å². The van der Waals surface area contributed by atoms with Crippen LogP contribution >= 0.6 is 0 Å². The highest BCUT2D eigenvalue weighted by molar-refractivity contribution is 4.74. The lowest BCUT2D eigenvalue weighted by Crippen LogP contribution is -2.43. The van der Waals surface area contributed by atoms with Crippen molar-refractivity contribution in [3.05, 3.63) is 0 Å². The Kier molecular flexibility index (Phi) is 4.58. The maximum Gasteiger partial charge on any atom is 0.0474 e. The Morgan fingerprint density at radius 2 is 2.42 bits per heavy atom. The molecule has 0 spiro atoms. The van der Waals surface area contributed by atoms with Crippen LogP contribution in [-0.4, -0.2) is 44.3 Å². The lowest BCUT2D eigenvalue weighted by molar-refractivity contribution is 0.156. The van der Waals surface area contributed by atoms with Crippen LogP contribution in [0.15, 0.2) is 0 Å². The molecule has 1 aliphatic heterocycles. The second-order valence-corrected chi connectivity index (χ2v) is 3.55. The summed E-state index contributed by atoms with van der Waals surface area (Å²) in [6, 6.07) is 0.404. The Balaban J connectivity index is 2.06. The average Bonchev–Trinajstić information content (AvgIpc) is 2.05. The number of ether oxygens (including phenoxy) is 1. The molecule has 0 amide bonds. The third kappa shape index (κ3) is 3.52. The molecule has 1 heterocycles. The van der Waals surface area contributed by atoms with Crippen LogP contribution in [0.5, 0.6) is 0 Å². The lowest BCUT2D eigenvalue weighted by Gasteiger charge is -2.30. The molecule has 72 valence electrons. The van der Waals surface area contributed by atoms with Crippen LogP contribution in [0.3, 0.4) is 0 Å². The van der Waals surface area contributed by atoms with Gasteiger partial charge < -0.3 is 15.4 Å². The van der Waals surface area contributed by atoms with E-state index in [4.69, 9.17) is 10.5 Å². The van der Waals surface area contributed by atoms with Gasteiger partial charge in [0.2, 0.25) is 0 Å². The van der Waals surface area contributed by atoms with E-state index in [-0.39, 0.29) is 0 Å².